The molecule has 1 N–H and O–H groups in total. The van der Waals surface area contributed by atoms with Gasteiger partial charge in [0.05, 0.1) is 0 Å². The molecule has 25 heavy (non-hydrogen) atoms. The van der Waals surface area contributed by atoms with E-state index in [0.717, 1.165) is 24.0 Å². The van der Waals surface area contributed by atoms with Crippen LogP contribution < -0.4 is 10.2 Å². The molecule has 1 atom stereocenters. The molecule has 130 valence electrons. The van der Waals surface area contributed by atoms with Crippen molar-refractivity contribution in [1.82, 2.24) is 10.4 Å². The highest BCUT2D eigenvalue weighted by atomic mass is 16.5. The third-order valence-electron chi connectivity index (χ3n) is 4.21. The quantitative estimate of drug-likeness (QED) is 0.911. The molecule has 0 spiro atoms. The second kappa shape index (κ2) is 7.83. The van der Waals surface area contributed by atoms with Crippen molar-refractivity contribution in [1.29, 1.82) is 0 Å². The maximum atomic E-state index is 12.2. The predicted octanol–water partition coefficient (Wildman–Crippen LogP) is 3.16. The number of hydrogen-bond acceptors (Lipinski definition) is 3. The summed E-state index contributed by atoms with van der Waals surface area (Å²) in [7, 11) is 0. The summed E-state index contributed by atoms with van der Waals surface area (Å²) < 4.78 is 5.69. The van der Waals surface area contributed by atoms with E-state index in [1.54, 1.807) is 6.92 Å². The molecule has 1 saturated heterocycles. The molecule has 1 aliphatic heterocycles. The zero-order chi connectivity index (χ0) is 17.6. The van der Waals surface area contributed by atoms with E-state index in [4.69, 9.17) is 4.74 Å². The number of hydrogen-bond donors (Lipinski definition) is 1. The van der Waals surface area contributed by atoms with Gasteiger partial charge in [-0.2, -0.15) is 0 Å². The Morgan fingerprint density at radius 3 is 2.40 bits per heavy atom. The number of piperidine rings is 1. The zero-order valence-electron chi connectivity index (χ0n) is 14.3. The molecular weight excluding hydrogens is 316 g/mol. The van der Waals surface area contributed by atoms with E-state index in [1.165, 1.54) is 5.01 Å². The Labute approximate surface area is 147 Å². The van der Waals surface area contributed by atoms with Gasteiger partial charge in [-0.1, -0.05) is 42.5 Å². The molecule has 3 rings (SSSR count). The molecule has 5 nitrogen and oxygen atoms in total. The molecule has 2 aromatic rings. The highest BCUT2D eigenvalue weighted by Gasteiger charge is 2.23. The summed E-state index contributed by atoms with van der Waals surface area (Å²) in [6.07, 6.45) is 1.58. The van der Waals surface area contributed by atoms with E-state index in [2.05, 4.69) is 5.43 Å². The highest BCUT2D eigenvalue weighted by Crippen LogP contribution is 2.22. The van der Waals surface area contributed by atoms with Crippen LogP contribution in [0.5, 0.6) is 5.75 Å². The first kappa shape index (κ1) is 17.0. The van der Waals surface area contributed by atoms with Gasteiger partial charge in [-0.15, -0.1) is 0 Å². The fraction of sp³-hybridized carbons (Fsp3) is 0.300. The number of benzene rings is 2. The van der Waals surface area contributed by atoms with Gasteiger partial charge in [-0.3, -0.25) is 20.0 Å². The summed E-state index contributed by atoms with van der Waals surface area (Å²) in [5.41, 5.74) is 4.86. The lowest BCUT2D eigenvalue weighted by molar-refractivity contribution is -0.146. The number of rotatable bonds is 5. The Bertz CT molecular complexity index is 728. The fourth-order valence-electron chi connectivity index (χ4n) is 2.76. The summed E-state index contributed by atoms with van der Waals surface area (Å²) in [6, 6.07) is 17.7. The highest BCUT2D eigenvalue weighted by molar-refractivity contribution is 5.85. The first-order valence-corrected chi connectivity index (χ1v) is 8.56. The lowest BCUT2D eigenvalue weighted by Crippen LogP contribution is -2.51. The van der Waals surface area contributed by atoms with Crippen LogP contribution in [0.2, 0.25) is 0 Å². The first-order valence-electron chi connectivity index (χ1n) is 8.56. The van der Waals surface area contributed by atoms with E-state index in [9.17, 15) is 9.59 Å². The largest absolute Gasteiger partial charge is 0.481 e. The SMILES string of the molecule is C[C@H](Oc1ccc(-c2ccccc2)cc1)C(=O)NN1CCCCC1=O. The van der Waals surface area contributed by atoms with Gasteiger partial charge in [-0.25, -0.2) is 0 Å². The van der Waals surface area contributed by atoms with Crippen molar-refractivity contribution in [2.24, 2.45) is 0 Å². The van der Waals surface area contributed by atoms with Gasteiger partial charge in [0.2, 0.25) is 5.91 Å². The normalized spacial score (nSPS) is 15.6. The monoisotopic (exact) mass is 338 g/mol. The second-order valence-electron chi connectivity index (χ2n) is 6.13. The van der Waals surface area contributed by atoms with Gasteiger partial charge in [0, 0.05) is 13.0 Å². The molecule has 5 heteroatoms. The summed E-state index contributed by atoms with van der Waals surface area (Å²) in [5, 5.41) is 1.39. The Morgan fingerprint density at radius 2 is 1.72 bits per heavy atom. The second-order valence-corrected chi connectivity index (χ2v) is 6.13. The van der Waals surface area contributed by atoms with Crippen LogP contribution in [0.4, 0.5) is 0 Å². The van der Waals surface area contributed by atoms with E-state index >= 15 is 0 Å². The summed E-state index contributed by atoms with van der Waals surface area (Å²) >= 11 is 0. The van der Waals surface area contributed by atoms with Crippen LogP contribution in [0.3, 0.4) is 0 Å². The molecule has 2 aromatic carbocycles. The van der Waals surface area contributed by atoms with Crippen molar-refractivity contribution in [3.8, 4) is 16.9 Å². The average Bonchev–Trinajstić information content (AvgIpc) is 2.65. The van der Waals surface area contributed by atoms with Crippen LogP contribution in [0.25, 0.3) is 11.1 Å². The first-order chi connectivity index (χ1) is 12.1. The molecule has 1 heterocycles. The third-order valence-corrected chi connectivity index (χ3v) is 4.21. The Hall–Kier alpha value is -2.82. The minimum atomic E-state index is -0.683. The van der Waals surface area contributed by atoms with Crippen molar-refractivity contribution in [3.05, 3.63) is 54.6 Å². The number of carbonyl (C=O) groups excluding carboxylic acids is 2. The summed E-state index contributed by atoms with van der Waals surface area (Å²) in [6.45, 7) is 2.23. The number of carbonyl (C=O) groups is 2. The van der Waals surface area contributed by atoms with E-state index < -0.39 is 6.10 Å². The molecule has 2 amide bonds. The lowest BCUT2D eigenvalue weighted by atomic mass is 10.1. The molecule has 0 aromatic heterocycles. The maximum absolute atomic E-state index is 12.2. The van der Waals surface area contributed by atoms with Crippen LogP contribution in [0.15, 0.2) is 54.6 Å². The average molecular weight is 338 g/mol. The smallest absolute Gasteiger partial charge is 0.279 e. The predicted molar refractivity (Wildman–Crippen MR) is 95.7 cm³/mol. The van der Waals surface area contributed by atoms with Gasteiger partial charge in [0.25, 0.3) is 5.91 Å². The molecule has 0 aliphatic carbocycles. The van der Waals surface area contributed by atoms with Crippen molar-refractivity contribution in [2.75, 3.05) is 6.54 Å². The number of ether oxygens (including phenoxy) is 1. The topological polar surface area (TPSA) is 58.6 Å². The number of nitrogens with one attached hydrogen (secondary N) is 1. The van der Waals surface area contributed by atoms with Crippen LogP contribution >= 0.6 is 0 Å². The van der Waals surface area contributed by atoms with Crippen LogP contribution in [0.1, 0.15) is 26.2 Å². The molecule has 1 aliphatic rings. The third kappa shape index (κ3) is 4.38. The van der Waals surface area contributed by atoms with Crippen molar-refractivity contribution in [3.63, 3.8) is 0 Å². The van der Waals surface area contributed by atoms with E-state index in [1.807, 2.05) is 54.6 Å². The van der Waals surface area contributed by atoms with Gasteiger partial charge in [-0.05, 0) is 43.0 Å². The number of nitrogens with zero attached hydrogens (tertiary/aromatic N) is 1. The molecular formula is C20H22N2O3. The fourth-order valence-corrected chi connectivity index (χ4v) is 2.76. The van der Waals surface area contributed by atoms with Gasteiger partial charge in [0.15, 0.2) is 6.10 Å². The Morgan fingerprint density at radius 1 is 1.04 bits per heavy atom. The molecule has 0 saturated carbocycles. The van der Waals surface area contributed by atoms with Gasteiger partial charge in [0.1, 0.15) is 5.75 Å². The van der Waals surface area contributed by atoms with Gasteiger partial charge >= 0.3 is 0 Å². The standard InChI is InChI=1S/C20H22N2O3/c1-15(20(24)21-22-14-6-5-9-19(22)23)25-18-12-10-17(11-13-18)16-7-3-2-4-8-16/h2-4,7-8,10-13,15H,5-6,9,14H2,1H3,(H,21,24)/t15-/m0/s1. The number of hydrazine groups is 1. The van der Waals surface area contributed by atoms with Crippen molar-refractivity contribution >= 4 is 11.8 Å². The van der Waals surface area contributed by atoms with E-state index in [0.29, 0.717) is 18.7 Å². The maximum Gasteiger partial charge on any atom is 0.279 e. The molecule has 1 fully saturated rings. The van der Waals surface area contributed by atoms with Crippen molar-refractivity contribution in [2.45, 2.75) is 32.3 Å². The minimum Gasteiger partial charge on any atom is -0.481 e. The summed E-state index contributed by atoms with van der Waals surface area (Å²) in [5.74, 6) is 0.258. The lowest BCUT2D eigenvalue weighted by Gasteiger charge is -2.28. The summed E-state index contributed by atoms with van der Waals surface area (Å²) in [4.78, 5) is 24.0. The van der Waals surface area contributed by atoms with Crippen LogP contribution in [0, 0.1) is 0 Å². The van der Waals surface area contributed by atoms with Crippen LogP contribution in [-0.2, 0) is 9.59 Å². The zero-order valence-corrected chi connectivity index (χ0v) is 14.3. The van der Waals surface area contributed by atoms with Crippen molar-refractivity contribution < 1.29 is 14.3 Å². The minimum absolute atomic E-state index is 0.0426. The van der Waals surface area contributed by atoms with E-state index in [-0.39, 0.29) is 11.8 Å². The Balaban J connectivity index is 1.58. The number of amides is 2. The van der Waals surface area contributed by atoms with Crippen LogP contribution in [-0.4, -0.2) is 29.5 Å². The van der Waals surface area contributed by atoms with Gasteiger partial charge < -0.3 is 4.74 Å². The molecule has 0 bridgehead atoms. The molecule has 0 radical (unpaired) electrons. The molecule has 0 unspecified atom stereocenters. The Kier molecular flexibility index (Phi) is 5.33.